The van der Waals surface area contributed by atoms with E-state index in [4.69, 9.17) is 9.72 Å². The van der Waals surface area contributed by atoms with Gasteiger partial charge in [-0.1, -0.05) is 53.7 Å². The van der Waals surface area contributed by atoms with Crippen LogP contribution < -0.4 is 10.1 Å². The summed E-state index contributed by atoms with van der Waals surface area (Å²) in [5.74, 6) is 1.65. The van der Waals surface area contributed by atoms with Gasteiger partial charge in [0.2, 0.25) is 5.95 Å². The third-order valence-electron chi connectivity index (χ3n) is 5.12. The van der Waals surface area contributed by atoms with Crippen molar-refractivity contribution in [2.75, 3.05) is 18.5 Å². The van der Waals surface area contributed by atoms with Gasteiger partial charge >= 0.3 is 0 Å². The van der Waals surface area contributed by atoms with Gasteiger partial charge < -0.3 is 15.3 Å². The molecule has 0 fully saturated rings. The molecule has 0 amide bonds. The van der Waals surface area contributed by atoms with Gasteiger partial charge in [-0.25, -0.2) is 9.97 Å². The quantitative estimate of drug-likeness (QED) is 0.376. The number of anilines is 1. The molecule has 1 atom stereocenters. The molecule has 1 heterocycles. The molecule has 148 valence electrons. The van der Waals surface area contributed by atoms with E-state index in [1.807, 2.05) is 55.5 Å². The summed E-state index contributed by atoms with van der Waals surface area (Å²) in [6.07, 6.45) is 1.46. The molecule has 0 aliphatic heterocycles. The Balaban J connectivity index is 1.48. The number of rotatable bonds is 6. The normalized spacial score (nSPS) is 17.0. The van der Waals surface area contributed by atoms with Crippen LogP contribution in [0, 0.1) is 6.92 Å². The van der Waals surface area contributed by atoms with Gasteiger partial charge in [0.05, 0.1) is 23.6 Å². The number of aryl methyl sites for hydroxylation is 1. The molecule has 1 aliphatic carbocycles. The number of nitrogens with zero attached hydrogens (tertiary/aromatic N) is 3. The van der Waals surface area contributed by atoms with E-state index in [9.17, 15) is 5.21 Å². The lowest BCUT2D eigenvalue weighted by molar-refractivity contribution is 0.316. The molecule has 3 aromatic rings. The summed E-state index contributed by atoms with van der Waals surface area (Å²) in [4.78, 5) is 9.28. The Kier molecular flexibility index (Phi) is 5.70. The first kappa shape index (κ1) is 18.9. The van der Waals surface area contributed by atoms with Crippen molar-refractivity contribution in [1.29, 1.82) is 0 Å². The molecule has 29 heavy (non-hydrogen) atoms. The minimum atomic E-state index is 0.234. The fraction of sp³-hybridized carbons (Fsp3) is 0.261. The number of oxime groups is 1. The predicted molar refractivity (Wildman–Crippen MR) is 113 cm³/mol. The van der Waals surface area contributed by atoms with Gasteiger partial charge in [0.25, 0.3) is 0 Å². The number of benzene rings is 2. The van der Waals surface area contributed by atoms with E-state index in [-0.39, 0.29) is 5.92 Å². The zero-order valence-electron chi connectivity index (χ0n) is 16.4. The predicted octanol–water partition coefficient (Wildman–Crippen LogP) is 4.18. The van der Waals surface area contributed by atoms with Gasteiger partial charge in [-0.2, -0.15) is 0 Å². The van der Waals surface area contributed by atoms with Crippen molar-refractivity contribution in [2.45, 2.75) is 25.7 Å². The molecule has 0 bridgehead atoms. The minimum Gasteiger partial charge on any atom is -0.492 e. The molecule has 1 aliphatic rings. The highest BCUT2D eigenvalue weighted by atomic mass is 16.5. The maximum atomic E-state index is 9.58. The molecule has 6 heteroatoms. The van der Waals surface area contributed by atoms with E-state index in [1.54, 1.807) is 0 Å². The minimum absolute atomic E-state index is 0.234. The van der Waals surface area contributed by atoms with Crippen LogP contribution in [-0.2, 0) is 6.42 Å². The number of nitrogens with one attached hydrogen (secondary N) is 1. The van der Waals surface area contributed by atoms with Crippen LogP contribution in [0.5, 0.6) is 5.75 Å². The molecule has 1 unspecified atom stereocenters. The zero-order chi connectivity index (χ0) is 20.1. The molecular formula is C23H24N4O2. The number of aromatic nitrogens is 2. The summed E-state index contributed by atoms with van der Waals surface area (Å²) in [6.45, 7) is 3.04. The van der Waals surface area contributed by atoms with Gasteiger partial charge in [0.15, 0.2) is 0 Å². The molecule has 0 radical (unpaired) electrons. The summed E-state index contributed by atoms with van der Waals surface area (Å²) >= 11 is 0. The third kappa shape index (κ3) is 4.37. The van der Waals surface area contributed by atoms with Crippen molar-refractivity contribution in [2.24, 2.45) is 5.16 Å². The maximum absolute atomic E-state index is 9.58. The Hall–Kier alpha value is -3.41. The van der Waals surface area contributed by atoms with Gasteiger partial charge in [-0.15, -0.1) is 0 Å². The van der Waals surface area contributed by atoms with E-state index in [0.29, 0.717) is 31.2 Å². The number of fused-ring (bicyclic) bond motifs is 1. The third-order valence-corrected chi connectivity index (χ3v) is 5.12. The van der Waals surface area contributed by atoms with Crippen molar-refractivity contribution in [1.82, 2.24) is 9.97 Å². The molecule has 6 nitrogen and oxygen atoms in total. The van der Waals surface area contributed by atoms with Gasteiger partial charge in [0.1, 0.15) is 12.4 Å². The van der Waals surface area contributed by atoms with Crippen molar-refractivity contribution in [3.05, 3.63) is 83.2 Å². The largest absolute Gasteiger partial charge is 0.492 e. The van der Waals surface area contributed by atoms with Crippen LogP contribution in [-0.4, -0.2) is 34.0 Å². The first-order valence-electron chi connectivity index (χ1n) is 9.80. The van der Waals surface area contributed by atoms with Crippen LogP contribution >= 0.6 is 0 Å². The Bertz CT molecular complexity index is 991. The van der Waals surface area contributed by atoms with Crippen LogP contribution in [0.2, 0.25) is 0 Å². The van der Waals surface area contributed by atoms with Crippen molar-refractivity contribution in [3.63, 3.8) is 0 Å². The Labute approximate surface area is 170 Å². The SMILES string of the molecule is Cc1nc(NCCOc2ccccc2)nc2c1/C(=N/O)CC(c1ccccc1)C2. The fourth-order valence-electron chi connectivity index (χ4n) is 3.78. The lowest BCUT2D eigenvalue weighted by Crippen LogP contribution is -2.24. The molecule has 2 N–H and O–H groups in total. The molecule has 0 saturated heterocycles. The average Bonchev–Trinajstić information content (AvgIpc) is 2.77. The van der Waals surface area contributed by atoms with Crippen LogP contribution in [0.15, 0.2) is 65.8 Å². The van der Waals surface area contributed by atoms with Crippen molar-refractivity contribution in [3.8, 4) is 5.75 Å². The first-order chi connectivity index (χ1) is 14.2. The van der Waals surface area contributed by atoms with E-state index in [0.717, 1.165) is 29.1 Å². The first-order valence-corrected chi connectivity index (χ1v) is 9.80. The number of ether oxygens (including phenoxy) is 1. The van der Waals surface area contributed by atoms with Crippen LogP contribution in [0.3, 0.4) is 0 Å². The lowest BCUT2D eigenvalue weighted by Gasteiger charge is -2.26. The fourth-order valence-corrected chi connectivity index (χ4v) is 3.78. The highest BCUT2D eigenvalue weighted by Crippen LogP contribution is 2.33. The summed E-state index contributed by atoms with van der Waals surface area (Å²) in [6, 6.07) is 20.0. The Morgan fingerprint density at radius 2 is 1.76 bits per heavy atom. The van der Waals surface area contributed by atoms with Gasteiger partial charge in [-0.05, 0) is 37.0 Å². The van der Waals surface area contributed by atoms with Crippen LogP contribution in [0.1, 0.15) is 34.9 Å². The van der Waals surface area contributed by atoms with Crippen molar-refractivity contribution >= 4 is 11.7 Å². The second-order valence-corrected chi connectivity index (χ2v) is 7.11. The number of hydrogen-bond donors (Lipinski definition) is 2. The number of hydrogen-bond acceptors (Lipinski definition) is 6. The van der Waals surface area contributed by atoms with Gasteiger partial charge in [-0.3, -0.25) is 0 Å². The molecule has 2 aromatic carbocycles. The second-order valence-electron chi connectivity index (χ2n) is 7.11. The summed E-state index contributed by atoms with van der Waals surface area (Å²) in [5.41, 5.74) is 4.47. The molecule has 0 spiro atoms. The highest BCUT2D eigenvalue weighted by molar-refractivity contribution is 6.03. The van der Waals surface area contributed by atoms with E-state index in [1.165, 1.54) is 5.56 Å². The zero-order valence-corrected chi connectivity index (χ0v) is 16.4. The highest BCUT2D eigenvalue weighted by Gasteiger charge is 2.29. The average molecular weight is 388 g/mol. The number of para-hydroxylation sites is 1. The van der Waals surface area contributed by atoms with E-state index < -0.39 is 0 Å². The molecular weight excluding hydrogens is 364 g/mol. The van der Waals surface area contributed by atoms with Crippen LogP contribution in [0.4, 0.5) is 5.95 Å². The van der Waals surface area contributed by atoms with Crippen molar-refractivity contribution < 1.29 is 9.94 Å². The standard InChI is InChI=1S/C23H24N4O2/c1-16-22-20(14-18(15-21(22)27-28)17-8-4-2-5-9-17)26-23(25-16)24-12-13-29-19-10-6-3-7-11-19/h2-11,18,28H,12-15H2,1H3,(H,24,25,26)/b27-21+. The van der Waals surface area contributed by atoms with E-state index >= 15 is 0 Å². The Morgan fingerprint density at radius 1 is 1.03 bits per heavy atom. The Morgan fingerprint density at radius 3 is 2.48 bits per heavy atom. The molecule has 0 saturated carbocycles. The maximum Gasteiger partial charge on any atom is 0.223 e. The lowest BCUT2D eigenvalue weighted by atomic mass is 9.81. The second kappa shape index (κ2) is 8.73. The topological polar surface area (TPSA) is 79.6 Å². The van der Waals surface area contributed by atoms with Crippen LogP contribution in [0.25, 0.3) is 0 Å². The summed E-state index contributed by atoms with van der Waals surface area (Å²) < 4.78 is 5.71. The molecule has 4 rings (SSSR count). The van der Waals surface area contributed by atoms with E-state index in [2.05, 4.69) is 27.6 Å². The molecule has 1 aromatic heterocycles. The monoisotopic (exact) mass is 388 g/mol. The van der Waals surface area contributed by atoms with Gasteiger partial charge in [0, 0.05) is 12.0 Å². The summed E-state index contributed by atoms with van der Waals surface area (Å²) in [5, 5.41) is 16.4. The smallest absolute Gasteiger partial charge is 0.223 e. The summed E-state index contributed by atoms with van der Waals surface area (Å²) in [7, 11) is 0.